The van der Waals surface area contributed by atoms with Gasteiger partial charge < -0.3 is 5.32 Å². The maximum absolute atomic E-state index is 13.4. The molecule has 1 aromatic carbocycles. The molecule has 0 amide bonds. The number of hydrogen-bond donors (Lipinski definition) is 1. The van der Waals surface area contributed by atoms with Crippen molar-refractivity contribution >= 4 is 5.69 Å². The van der Waals surface area contributed by atoms with Gasteiger partial charge in [-0.2, -0.15) is 0 Å². The van der Waals surface area contributed by atoms with E-state index in [2.05, 4.69) is 10.2 Å². The van der Waals surface area contributed by atoms with Gasteiger partial charge in [0.2, 0.25) is 0 Å². The van der Waals surface area contributed by atoms with Crippen LogP contribution in [0.5, 0.6) is 0 Å². The predicted octanol–water partition coefficient (Wildman–Crippen LogP) is 2.31. The molecule has 6 heteroatoms. The van der Waals surface area contributed by atoms with Gasteiger partial charge in [0, 0.05) is 24.2 Å². The van der Waals surface area contributed by atoms with E-state index in [1.807, 2.05) is 6.92 Å². The summed E-state index contributed by atoms with van der Waals surface area (Å²) in [5, 5.41) is 14.3. The van der Waals surface area contributed by atoms with Gasteiger partial charge in [-0.3, -0.25) is 15.0 Å². The van der Waals surface area contributed by atoms with Crippen molar-refractivity contribution in [3.8, 4) is 0 Å². The highest BCUT2D eigenvalue weighted by molar-refractivity contribution is 5.40. The summed E-state index contributed by atoms with van der Waals surface area (Å²) in [6, 6.07) is 4.08. The van der Waals surface area contributed by atoms with Gasteiger partial charge in [-0.1, -0.05) is 6.92 Å². The number of piperidine rings is 1. The second-order valence-corrected chi connectivity index (χ2v) is 5.07. The number of nitrogens with zero attached hydrogens (tertiary/aromatic N) is 2. The lowest BCUT2D eigenvalue weighted by Gasteiger charge is -2.33. The topological polar surface area (TPSA) is 58.4 Å². The molecule has 1 heterocycles. The molecule has 0 unspecified atom stereocenters. The minimum absolute atomic E-state index is 0.00113. The maximum atomic E-state index is 13.4. The lowest BCUT2D eigenvalue weighted by molar-refractivity contribution is -0.385. The van der Waals surface area contributed by atoms with Crippen LogP contribution in [0.4, 0.5) is 10.1 Å². The van der Waals surface area contributed by atoms with E-state index in [0.29, 0.717) is 18.2 Å². The lowest BCUT2D eigenvalue weighted by Crippen LogP contribution is -2.42. The first-order valence-corrected chi connectivity index (χ1v) is 6.99. The molecule has 1 saturated heterocycles. The molecule has 0 spiro atoms. The zero-order valence-corrected chi connectivity index (χ0v) is 11.6. The quantitative estimate of drug-likeness (QED) is 0.664. The summed E-state index contributed by atoms with van der Waals surface area (Å²) in [7, 11) is 0. The molecule has 0 aromatic heterocycles. The Labute approximate surface area is 117 Å². The van der Waals surface area contributed by atoms with E-state index < -0.39 is 10.7 Å². The van der Waals surface area contributed by atoms with Crippen LogP contribution in [0.1, 0.15) is 25.3 Å². The van der Waals surface area contributed by atoms with E-state index in [1.165, 1.54) is 12.1 Å². The summed E-state index contributed by atoms with van der Waals surface area (Å²) in [5.41, 5.74) is 0.453. The molecule has 1 fully saturated rings. The summed E-state index contributed by atoms with van der Waals surface area (Å²) in [6.45, 7) is 5.19. The van der Waals surface area contributed by atoms with Crippen LogP contribution in [0, 0.1) is 15.9 Å². The highest BCUT2D eigenvalue weighted by Gasteiger charge is 2.23. The third-order valence-corrected chi connectivity index (χ3v) is 3.84. The van der Waals surface area contributed by atoms with Crippen LogP contribution in [-0.4, -0.2) is 35.5 Å². The summed E-state index contributed by atoms with van der Waals surface area (Å²) in [6.07, 6.45) is 2.05. The number of benzene rings is 1. The molecule has 1 N–H and O–H groups in total. The second-order valence-electron chi connectivity index (χ2n) is 5.07. The molecule has 0 aliphatic carbocycles. The minimum Gasteiger partial charge on any atom is -0.317 e. The van der Waals surface area contributed by atoms with Crippen molar-refractivity contribution in [2.45, 2.75) is 32.4 Å². The Balaban J connectivity index is 2.17. The number of halogens is 1. The predicted molar refractivity (Wildman–Crippen MR) is 75.0 cm³/mol. The normalized spacial score (nSPS) is 16.6. The average Bonchev–Trinajstić information content (AvgIpc) is 2.45. The van der Waals surface area contributed by atoms with E-state index in [0.717, 1.165) is 38.5 Å². The van der Waals surface area contributed by atoms with E-state index in [-0.39, 0.29) is 5.69 Å². The van der Waals surface area contributed by atoms with Crippen molar-refractivity contribution in [3.05, 3.63) is 39.7 Å². The SMILES string of the molecule is CCN(Cc1cc(F)ccc1[N+](=O)[O-])C1CCNCC1. The molecular weight excluding hydrogens is 261 g/mol. The van der Waals surface area contributed by atoms with Crippen molar-refractivity contribution in [2.24, 2.45) is 0 Å². The molecule has 2 rings (SSSR count). The van der Waals surface area contributed by atoms with Crippen molar-refractivity contribution in [1.29, 1.82) is 0 Å². The smallest absolute Gasteiger partial charge is 0.274 e. The third-order valence-electron chi connectivity index (χ3n) is 3.84. The Morgan fingerprint density at radius 2 is 2.15 bits per heavy atom. The van der Waals surface area contributed by atoms with Crippen LogP contribution in [0.15, 0.2) is 18.2 Å². The summed E-state index contributed by atoms with van der Waals surface area (Å²) < 4.78 is 13.4. The first kappa shape index (κ1) is 14.9. The van der Waals surface area contributed by atoms with Crippen LogP contribution < -0.4 is 5.32 Å². The minimum atomic E-state index is -0.439. The third kappa shape index (κ3) is 3.52. The van der Waals surface area contributed by atoms with Gasteiger partial charge in [0.1, 0.15) is 5.82 Å². The fourth-order valence-electron chi connectivity index (χ4n) is 2.75. The van der Waals surface area contributed by atoms with Gasteiger partial charge in [-0.25, -0.2) is 4.39 Å². The molecule has 0 radical (unpaired) electrons. The molecule has 0 atom stereocenters. The van der Waals surface area contributed by atoms with Crippen molar-refractivity contribution < 1.29 is 9.31 Å². The second kappa shape index (κ2) is 6.76. The van der Waals surface area contributed by atoms with Crippen molar-refractivity contribution in [2.75, 3.05) is 19.6 Å². The highest BCUT2D eigenvalue weighted by Crippen LogP contribution is 2.23. The monoisotopic (exact) mass is 281 g/mol. The standard InChI is InChI=1S/C14H20FN3O2/c1-2-17(13-5-7-16-8-6-13)10-11-9-12(15)3-4-14(11)18(19)20/h3-4,9,13,16H,2,5-8,10H2,1H3. The number of nitro groups is 1. The summed E-state index contributed by atoms with van der Waals surface area (Å²) in [4.78, 5) is 12.8. The average molecular weight is 281 g/mol. The largest absolute Gasteiger partial charge is 0.317 e. The number of nitro benzene ring substituents is 1. The van der Waals surface area contributed by atoms with E-state index >= 15 is 0 Å². The zero-order chi connectivity index (χ0) is 14.5. The van der Waals surface area contributed by atoms with Crippen LogP contribution in [-0.2, 0) is 6.54 Å². The molecule has 1 aliphatic rings. The lowest BCUT2D eigenvalue weighted by atomic mass is 10.0. The Morgan fingerprint density at radius 1 is 1.45 bits per heavy atom. The van der Waals surface area contributed by atoms with Crippen LogP contribution in [0.25, 0.3) is 0 Å². The van der Waals surface area contributed by atoms with E-state index in [9.17, 15) is 14.5 Å². The van der Waals surface area contributed by atoms with Crippen molar-refractivity contribution in [1.82, 2.24) is 10.2 Å². The Kier molecular flexibility index (Phi) is 5.03. The molecule has 0 bridgehead atoms. The van der Waals surface area contributed by atoms with Crippen LogP contribution in [0.3, 0.4) is 0 Å². The van der Waals surface area contributed by atoms with Gasteiger partial charge in [0.05, 0.1) is 4.92 Å². The summed E-state index contributed by atoms with van der Waals surface area (Å²) >= 11 is 0. The Bertz CT molecular complexity index is 475. The maximum Gasteiger partial charge on any atom is 0.274 e. The molecular formula is C14H20FN3O2. The number of nitrogens with one attached hydrogen (secondary N) is 1. The van der Waals surface area contributed by atoms with Crippen LogP contribution >= 0.6 is 0 Å². The highest BCUT2D eigenvalue weighted by atomic mass is 19.1. The first-order valence-electron chi connectivity index (χ1n) is 6.99. The van der Waals surface area contributed by atoms with E-state index in [4.69, 9.17) is 0 Å². The molecule has 110 valence electrons. The molecule has 1 aliphatic heterocycles. The first-order chi connectivity index (χ1) is 9.61. The Morgan fingerprint density at radius 3 is 2.75 bits per heavy atom. The van der Waals surface area contributed by atoms with E-state index in [1.54, 1.807) is 0 Å². The van der Waals surface area contributed by atoms with Gasteiger partial charge in [-0.05, 0) is 44.6 Å². The van der Waals surface area contributed by atoms with Gasteiger partial charge in [0.15, 0.2) is 0 Å². The van der Waals surface area contributed by atoms with Gasteiger partial charge >= 0.3 is 0 Å². The number of hydrogen-bond acceptors (Lipinski definition) is 4. The van der Waals surface area contributed by atoms with Gasteiger partial charge in [-0.15, -0.1) is 0 Å². The van der Waals surface area contributed by atoms with Gasteiger partial charge in [0.25, 0.3) is 5.69 Å². The summed E-state index contributed by atoms with van der Waals surface area (Å²) in [5.74, 6) is -0.424. The fraction of sp³-hybridized carbons (Fsp3) is 0.571. The molecule has 5 nitrogen and oxygen atoms in total. The zero-order valence-electron chi connectivity index (χ0n) is 11.6. The molecule has 20 heavy (non-hydrogen) atoms. The van der Waals surface area contributed by atoms with Crippen LogP contribution in [0.2, 0.25) is 0 Å². The fourth-order valence-corrected chi connectivity index (χ4v) is 2.75. The molecule has 0 saturated carbocycles. The number of rotatable bonds is 5. The van der Waals surface area contributed by atoms with Crippen molar-refractivity contribution in [3.63, 3.8) is 0 Å². The molecule has 1 aromatic rings. The Hall–Kier alpha value is -1.53.